The van der Waals surface area contributed by atoms with E-state index in [1.165, 1.54) is 6.33 Å². The number of anilines is 1. The molecule has 2 aromatic heterocycles. The van der Waals surface area contributed by atoms with Gasteiger partial charge in [0.05, 0.1) is 6.54 Å². The normalized spacial score (nSPS) is 10.7. The van der Waals surface area contributed by atoms with Crippen molar-refractivity contribution in [1.29, 1.82) is 0 Å². The highest BCUT2D eigenvalue weighted by Crippen LogP contribution is 2.21. The molecule has 0 atom stereocenters. The van der Waals surface area contributed by atoms with Crippen molar-refractivity contribution in [2.24, 2.45) is 7.05 Å². The van der Waals surface area contributed by atoms with Gasteiger partial charge in [-0.2, -0.15) is 5.10 Å². The van der Waals surface area contributed by atoms with E-state index in [0.29, 0.717) is 17.5 Å². The minimum Gasteiger partial charge on any atom is -0.362 e. The standard InChI is InChI=1S/C11H15ClN6/c1-4-8-10(12)16-7(2)17-11(8)13-5-9-14-6-15-18(9)3/h6H,4-5H2,1-3H3,(H,13,16,17). The first kappa shape index (κ1) is 12.8. The van der Waals surface area contributed by atoms with Crippen molar-refractivity contribution < 1.29 is 0 Å². The number of nitrogens with zero attached hydrogens (tertiary/aromatic N) is 5. The monoisotopic (exact) mass is 266 g/mol. The van der Waals surface area contributed by atoms with Gasteiger partial charge in [0, 0.05) is 12.6 Å². The number of hydrogen-bond donors (Lipinski definition) is 1. The summed E-state index contributed by atoms with van der Waals surface area (Å²) in [5.74, 6) is 2.25. The van der Waals surface area contributed by atoms with Gasteiger partial charge in [-0.15, -0.1) is 0 Å². The maximum atomic E-state index is 6.10. The van der Waals surface area contributed by atoms with Gasteiger partial charge in [0.1, 0.15) is 28.9 Å². The summed E-state index contributed by atoms with van der Waals surface area (Å²) < 4.78 is 1.72. The van der Waals surface area contributed by atoms with Crippen LogP contribution in [0.3, 0.4) is 0 Å². The molecule has 0 amide bonds. The number of aromatic nitrogens is 5. The van der Waals surface area contributed by atoms with Crippen LogP contribution in [0.25, 0.3) is 0 Å². The van der Waals surface area contributed by atoms with E-state index in [0.717, 1.165) is 23.6 Å². The van der Waals surface area contributed by atoms with Crippen molar-refractivity contribution in [1.82, 2.24) is 24.7 Å². The van der Waals surface area contributed by atoms with E-state index < -0.39 is 0 Å². The lowest BCUT2D eigenvalue weighted by Crippen LogP contribution is -2.10. The molecule has 7 heteroatoms. The lowest BCUT2D eigenvalue weighted by Gasteiger charge is -2.11. The van der Waals surface area contributed by atoms with Crippen molar-refractivity contribution in [2.45, 2.75) is 26.8 Å². The van der Waals surface area contributed by atoms with Gasteiger partial charge >= 0.3 is 0 Å². The Morgan fingerprint density at radius 2 is 2.17 bits per heavy atom. The first-order chi connectivity index (χ1) is 8.61. The zero-order valence-electron chi connectivity index (χ0n) is 10.6. The second-order valence-electron chi connectivity index (χ2n) is 3.90. The van der Waals surface area contributed by atoms with E-state index in [9.17, 15) is 0 Å². The van der Waals surface area contributed by atoms with Crippen LogP contribution >= 0.6 is 11.6 Å². The predicted octanol–water partition coefficient (Wildman–Crippen LogP) is 1.74. The fourth-order valence-corrected chi connectivity index (χ4v) is 2.01. The summed E-state index contributed by atoms with van der Waals surface area (Å²) in [5.41, 5.74) is 0.921. The first-order valence-corrected chi connectivity index (χ1v) is 6.09. The molecule has 0 aromatic carbocycles. The van der Waals surface area contributed by atoms with Gasteiger partial charge in [0.15, 0.2) is 0 Å². The summed E-state index contributed by atoms with van der Waals surface area (Å²) >= 11 is 6.10. The molecule has 0 saturated carbocycles. The molecule has 2 rings (SSSR count). The third-order valence-corrected chi connectivity index (χ3v) is 2.95. The molecule has 6 nitrogen and oxygen atoms in total. The fourth-order valence-electron chi connectivity index (χ4n) is 1.66. The Morgan fingerprint density at radius 1 is 1.39 bits per heavy atom. The van der Waals surface area contributed by atoms with Crippen LogP contribution in [-0.2, 0) is 20.0 Å². The maximum Gasteiger partial charge on any atom is 0.145 e. The Kier molecular flexibility index (Phi) is 3.76. The molecule has 0 bridgehead atoms. The molecule has 1 N–H and O–H groups in total. The molecule has 0 saturated heterocycles. The minimum atomic E-state index is 0.505. The summed E-state index contributed by atoms with van der Waals surface area (Å²) in [6, 6.07) is 0. The SMILES string of the molecule is CCc1c(Cl)nc(C)nc1NCc1ncnn1C. The molecular weight excluding hydrogens is 252 g/mol. The Bertz CT molecular complexity index is 550. The number of rotatable bonds is 4. The fraction of sp³-hybridized carbons (Fsp3) is 0.455. The van der Waals surface area contributed by atoms with Gasteiger partial charge in [-0.3, -0.25) is 4.68 Å². The molecule has 0 radical (unpaired) electrons. The summed E-state index contributed by atoms with van der Waals surface area (Å²) in [4.78, 5) is 12.7. The van der Waals surface area contributed by atoms with Gasteiger partial charge < -0.3 is 5.32 Å². The smallest absolute Gasteiger partial charge is 0.145 e. The summed E-state index contributed by atoms with van der Waals surface area (Å²) in [5, 5.41) is 7.75. The first-order valence-electron chi connectivity index (χ1n) is 5.71. The van der Waals surface area contributed by atoms with Gasteiger partial charge in [0.25, 0.3) is 0 Å². The van der Waals surface area contributed by atoms with E-state index in [-0.39, 0.29) is 0 Å². The predicted molar refractivity (Wildman–Crippen MR) is 69.5 cm³/mol. The third kappa shape index (κ3) is 2.59. The van der Waals surface area contributed by atoms with Crippen molar-refractivity contribution in [3.05, 3.63) is 28.7 Å². The van der Waals surface area contributed by atoms with Gasteiger partial charge in [0.2, 0.25) is 0 Å². The zero-order chi connectivity index (χ0) is 13.1. The summed E-state index contributed by atoms with van der Waals surface area (Å²) in [7, 11) is 1.85. The largest absolute Gasteiger partial charge is 0.362 e. The molecule has 0 unspecified atom stereocenters. The van der Waals surface area contributed by atoms with Gasteiger partial charge in [-0.05, 0) is 13.3 Å². The third-order valence-electron chi connectivity index (χ3n) is 2.64. The molecule has 0 fully saturated rings. The van der Waals surface area contributed by atoms with E-state index in [1.807, 2.05) is 20.9 Å². The molecular formula is C11H15ClN6. The van der Waals surface area contributed by atoms with Crippen LogP contribution in [0.5, 0.6) is 0 Å². The number of aryl methyl sites for hydroxylation is 2. The lowest BCUT2D eigenvalue weighted by atomic mass is 10.2. The topological polar surface area (TPSA) is 68.5 Å². The van der Waals surface area contributed by atoms with Gasteiger partial charge in [-0.25, -0.2) is 15.0 Å². The molecule has 0 spiro atoms. The van der Waals surface area contributed by atoms with Crippen LogP contribution in [0, 0.1) is 6.92 Å². The number of halogens is 1. The Morgan fingerprint density at radius 3 is 2.78 bits per heavy atom. The van der Waals surface area contributed by atoms with E-state index in [1.54, 1.807) is 4.68 Å². The number of nitrogens with one attached hydrogen (secondary N) is 1. The zero-order valence-corrected chi connectivity index (χ0v) is 11.4. The Balaban J connectivity index is 2.21. The van der Waals surface area contributed by atoms with Crippen molar-refractivity contribution in [3.63, 3.8) is 0 Å². The highest BCUT2D eigenvalue weighted by molar-refractivity contribution is 6.30. The molecule has 0 aliphatic rings. The second kappa shape index (κ2) is 5.30. The highest BCUT2D eigenvalue weighted by atomic mass is 35.5. The van der Waals surface area contributed by atoms with E-state index >= 15 is 0 Å². The van der Waals surface area contributed by atoms with Crippen LogP contribution in [0.1, 0.15) is 24.1 Å². The van der Waals surface area contributed by atoms with E-state index in [4.69, 9.17) is 11.6 Å². The average Bonchev–Trinajstić information content (AvgIpc) is 2.71. The molecule has 96 valence electrons. The van der Waals surface area contributed by atoms with Crippen molar-refractivity contribution in [2.75, 3.05) is 5.32 Å². The average molecular weight is 267 g/mol. The quantitative estimate of drug-likeness (QED) is 0.854. The van der Waals surface area contributed by atoms with Crippen LogP contribution in [0.4, 0.5) is 5.82 Å². The van der Waals surface area contributed by atoms with E-state index in [2.05, 4.69) is 25.4 Å². The highest BCUT2D eigenvalue weighted by Gasteiger charge is 2.10. The van der Waals surface area contributed by atoms with Crippen LogP contribution in [0.15, 0.2) is 6.33 Å². The van der Waals surface area contributed by atoms with Crippen molar-refractivity contribution >= 4 is 17.4 Å². The summed E-state index contributed by atoms with van der Waals surface area (Å²) in [6.45, 7) is 4.39. The van der Waals surface area contributed by atoms with Gasteiger partial charge in [-0.1, -0.05) is 18.5 Å². The van der Waals surface area contributed by atoms with Crippen LogP contribution in [-0.4, -0.2) is 24.7 Å². The van der Waals surface area contributed by atoms with Crippen molar-refractivity contribution in [3.8, 4) is 0 Å². The lowest BCUT2D eigenvalue weighted by molar-refractivity contribution is 0.710. The molecule has 2 heterocycles. The second-order valence-corrected chi connectivity index (χ2v) is 4.25. The molecule has 2 aromatic rings. The maximum absolute atomic E-state index is 6.10. The Hall–Kier alpha value is -1.69. The molecule has 0 aliphatic carbocycles. The number of hydrogen-bond acceptors (Lipinski definition) is 5. The van der Waals surface area contributed by atoms with Crippen LogP contribution in [0.2, 0.25) is 5.15 Å². The summed E-state index contributed by atoms with van der Waals surface area (Å²) in [6.07, 6.45) is 2.30. The minimum absolute atomic E-state index is 0.505. The molecule has 18 heavy (non-hydrogen) atoms. The Labute approximate surface area is 110 Å². The van der Waals surface area contributed by atoms with Crippen LogP contribution < -0.4 is 5.32 Å². The molecule has 0 aliphatic heterocycles.